The summed E-state index contributed by atoms with van der Waals surface area (Å²) in [5.74, 6) is -3.25. The molecule has 0 aliphatic rings. The first-order chi connectivity index (χ1) is 14.2. The van der Waals surface area contributed by atoms with Gasteiger partial charge in [-0.2, -0.15) is 0 Å². The average molecular weight is 417 g/mol. The van der Waals surface area contributed by atoms with Crippen LogP contribution in [0.3, 0.4) is 0 Å². The van der Waals surface area contributed by atoms with Gasteiger partial charge in [0.2, 0.25) is 11.8 Å². The van der Waals surface area contributed by atoms with Crippen LogP contribution in [0, 0.1) is 15.9 Å². The van der Waals surface area contributed by atoms with Crippen molar-refractivity contribution >= 4 is 23.5 Å². The summed E-state index contributed by atoms with van der Waals surface area (Å²) >= 11 is 0. The smallest absolute Gasteiger partial charge is 0.326 e. The van der Waals surface area contributed by atoms with E-state index in [4.69, 9.17) is 0 Å². The number of benzene rings is 2. The third-order valence-corrected chi connectivity index (χ3v) is 4.25. The van der Waals surface area contributed by atoms with Crippen LogP contribution in [0.2, 0.25) is 0 Å². The van der Waals surface area contributed by atoms with Gasteiger partial charge in [0.1, 0.15) is 17.9 Å². The second-order valence-electron chi connectivity index (χ2n) is 6.58. The summed E-state index contributed by atoms with van der Waals surface area (Å²) in [6.07, 6.45) is -0.397. The Kier molecular flexibility index (Phi) is 7.56. The highest BCUT2D eigenvalue weighted by atomic mass is 19.1. The highest BCUT2D eigenvalue weighted by Crippen LogP contribution is 2.19. The Morgan fingerprint density at radius 2 is 1.77 bits per heavy atom. The summed E-state index contributed by atoms with van der Waals surface area (Å²) < 4.78 is 13.4. The van der Waals surface area contributed by atoms with Crippen LogP contribution in [0.5, 0.6) is 0 Å². The highest BCUT2D eigenvalue weighted by Gasteiger charge is 2.28. The summed E-state index contributed by atoms with van der Waals surface area (Å²) in [5.41, 5.74) is 0.294. The third kappa shape index (κ3) is 6.36. The number of carbonyl (C=O) groups excluding carboxylic acids is 2. The van der Waals surface area contributed by atoms with Crippen LogP contribution in [0.15, 0.2) is 48.5 Å². The first-order valence-corrected chi connectivity index (χ1v) is 8.94. The lowest BCUT2D eigenvalue weighted by Crippen LogP contribution is -2.52. The van der Waals surface area contributed by atoms with Crippen LogP contribution in [0.4, 0.5) is 10.1 Å². The number of carboxylic acids is 1. The Labute approximate surface area is 171 Å². The van der Waals surface area contributed by atoms with Crippen LogP contribution in [-0.4, -0.2) is 39.9 Å². The van der Waals surface area contributed by atoms with E-state index < -0.39 is 40.6 Å². The molecule has 0 spiro atoms. The molecule has 0 heterocycles. The number of halogens is 1. The topological polar surface area (TPSA) is 139 Å². The lowest BCUT2D eigenvalue weighted by Gasteiger charge is -2.21. The minimum absolute atomic E-state index is 0.0685. The van der Waals surface area contributed by atoms with Gasteiger partial charge in [-0.15, -0.1) is 0 Å². The number of hydrogen-bond donors (Lipinski definition) is 3. The zero-order valence-electron chi connectivity index (χ0n) is 16.0. The number of para-hydroxylation sites is 1. The lowest BCUT2D eigenvalue weighted by atomic mass is 10.0. The number of carbonyl (C=O) groups is 3. The molecule has 0 aromatic heterocycles. The van der Waals surface area contributed by atoms with Crippen LogP contribution in [0.25, 0.3) is 0 Å². The SMILES string of the molecule is CC(=O)N[C@@H](Cc1cccc(F)c1)C(=O)N[C@H](Cc1ccccc1[N+](=O)[O-])C(=O)O. The first kappa shape index (κ1) is 22.5. The maximum atomic E-state index is 13.4. The van der Waals surface area contributed by atoms with Gasteiger partial charge in [0, 0.05) is 31.4 Å². The second kappa shape index (κ2) is 10.1. The van der Waals surface area contributed by atoms with Gasteiger partial charge in [-0.1, -0.05) is 30.3 Å². The molecule has 2 amide bonds. The Hall–Kier alpha value is -3.82. The van der Waals surface area contributed by atoms with Gasteiger partial charge in [-0.25, -0.2) is 9.18 Å². The van der Waals surface area contributed by atoms with Crippen molar-refractivity contribution in [1.29, 1.82) is 0 Å². The van der Waals surface area contributed by atoms with Crippen molar-refractivity contribution in [3.63, 3.8) is 0 Å². The maximum Gasteiger partial charge on any atom is 0.326 e. The molecule has 2 aromatic rings. The number of amides is 2. The van der Waals surface area contributed by atoms with Crippen LogP contribution in [-0.2, 0) is 27.2 Å². The number of nitrogens with zero attached hydrogens (tertiary/aromatic N) is 1. The van der Waals surface area contributed by atoms with Crippen molar-refractivity contribution in [2.45, 2.75) is 31.8 Å². The Morgan fingerprint density at radius 3 is 2.37 bits per heavy atom. The van der Waals surface area contributed by atoms with Crippen LogP contribution < -0.4 is 10.6 Å². The number of nitro groups is 1. The molecule has 0 aliphatic carbocycles. The quantitative estimate of drug-likeness (QED) is 0.418. The maximum absolute atomic E-state index is 13.4. The summed E-state index contributed by atoms with van der Waals surface area (Å²) in [6.45, 7) is 1.19. The minimum Gasteiger partial charge on any atom is -0.480 e. The summed E-state index contributed by atoms with van der Waals surface area (Å²) in [4.78, 5) is 46.3. The Balaban J connectivity index is 2.20. The molecule has 3 N–H and O–H groups in total. The molecule has 30 heavy (non-hydrogen) atoms. The third-order valence-electron chi connectivity index (χ3n) is 4.25. The van der Waals surface area contributed by atoms with Gasteiger partial charge in [0.25, 0.3) is 5.69 Å². The molecule has 0 radical (unpaired) electrons. The predicted molar refractivity (Wildman–Crippen MR) is 104 cm³/mol. The van der Waals surface area contributed by atoms with E-state index in [1.165, 1.54) is 49.4 Å². The first-order valence-electron chi connectivity index (χ1n) is 8.94. The van der Waals surface area contributed by atoms with E-state index in [1.807, 2.05) is 0 Å². The van der Waals surface area contributed by atoms with E-state index >= 15 is 0 Å². The van der Waals surface area contributed by atoms with Crippen LogP contribution >= 0.6 is 0 Å². The number of carboxylic acid groups (broad SMARTS) is 1. The standard InChI is InChI=1S/C20H20FN3O6/c1-12(25)22-16(10-13-5-4-7-15(21)9-13)19(26)23-17(20(27)28)11-14-6-2-3-8-18(14)24(29)30/h2-9,16-17H,10-11H2,1H3,(H,22,25)(H,23,26)(H,27,28)/t16-,17+/m0/s1. The molecule has 0 bridgehead atoms. The van der Waals surface area contributed by atoms with Crippen LogP contribution in [0.1, 0.15) is 18.1 Å². The van der Waals surface area contributed by atoms with Crippen molar-refractivity contribution < 1.29 is 28.8 Å². The molecular weight excluding hydrogens is 397 g/mol. The van der Waals surface area contributed by atoms with Gasteiger partial charge >= 0.3 is 5.97 Å². The number of nitrogens with one attached hydrogen (secondary N) is 2. The number of rotatable bonds is 9. The van der Waals surface area contributed by atoms with Gasteiger partial charge in [-0.3, -0.25) is 19.7 Å². The van der Waals surface area contributed by atoms with Gasteiger partial charge in [0.05, 0.1) is 4.92 Å². The van der Waals surface area contributed by atoms with Crippen molar-refractivity contribution in [1.82, 2.24) is 10.6 Å². The molecule has 0 saturated heterocycles. The van der Waals surface area contributed by atoms with Crippen molar-refractivity contribution in [3.8, 4) is 0 Å². The van der Waals surface area contributed by atoms with Gasteiger partial charge in [0.15, 0.2) is 0 Å². The highest BCUT2D eigenvalue weighted by molar-refractivity contribution is 5.90. The molecule has 2 atom stereocenters. The summed E-state index contributed by atoms with van der Waals surface area (Å²) in [5, 5.41) is 25.3. The fourth-order valence-electron chi connectivity index (χ4n) is 2.91. The van der Waals surface area contributed by atoms with E-state index in [1.54, 1.807) is 6.07 Å². The Bertz CT molecular complexity index is 965. The fraction of sp³-hybridized carbons (Fsp3) is 0.250. The van der Waals surface area contributed by atoms with E-state index in [-0.39, 0.29) is 24.1 Å². The molecule has 0 aliphatic heterocycles. The largest absolute Gasteiger partial charge is 0.480 e. The zero-order valence-corrected chi connectivity index (χ0v) is 16.0. The molecule has 2 aromatic carbocycles. The monoisotopic (exact) mass is 417 g/mol. The molecule has 0 unspecified atom stereocenters. The summed E-state index contributed by atoms with van der Waals surface area (Å²) in [6, 6.07) is 8.41. The van der Waals surface area contributed by atoms with Crippen molar-refractivity contribution in [3.05, 3.63) is 75.6 Å². The van der Waals surface area contributed by atoms with E-state index in [0.29, 0.717) is 5.56 Å². The average Bonchev–Trinajstić information content (AvgIpc) is 2.66. The lowest BCUT2D eigenvalue weighted by molar-refractivity contribution is -0.385. The molecule has 0 fully saturated rings. The molecular formula is C20H20FN3O6. The molecule has 10 heteroatoms. The fourth-order valence-corrected chi connectivity index (χ4v) is 2.91. The van der Waals surface area contributed by atoms with Gasteiger partial charge in [-0.05, 0) is 17.7 Å². The Morgan fingerprint density at radius 1 is 1.07 bits per heavy atom. The number of nitro benzene ring substituents is 1. The van der Waals surface area contributed by atoms with E-state index in [0.717, 1.165) is 0 Å². The van der Waals surface area contributed by atoms with E-state index in [9.17, 15) is 34.0 Å². The molecule has 2 rings (SSSR count). The number of hydrogen-bond acceptors (Lipinski definition) is 5. The van der Waals surface area contributed by atoms with Gasteiger partial charge < -0.3 is 15.7 Å². The van der Waals surface area contributed by atoms with Crippen molar-refractivity contribution in [2.24, 2.45) is 0 Å². The van der Waals surface area contributed by atoms with Crippen molar-refractivity contribution in [2.75, 3.05) is 0 Å². The molecule has 158 valence electrons. The minimum atomic E-state index is -1.47. The summed E-state index contributed by atoms with van der Waals surface area (Å²) in [7, 11) is 0. The normalized spacial score (nSPS) is 12.5. The zero-order chi connectivity index (χ0) is 22.3. The second-order valence-corrected chi connectivity index (χ2v) is 6.58. The predicted octanol–water partition coefficient (Wildman–Crippen LogP) is 1.59. The number of aliphatic carboxylic acids is 1. The molecule has 0 saturated carbocycles. The molecule has 9 nitrogen and oxygen atoms in total. The van der Waals surface area contributed by atoms with E-state index in [2.05, 4.69) is 10.6 Å².